The highest BCUT2D eigenvalue weighted by Gasteiger charge is 2.32. The maximum atomic E-state index is 10.6. The van der Waals surface area contributed by atoms with Gasteiger partial charge in [-0.1, -0.05) is 28.1 Å². The fraction of sp³-hybridized carbons (Fsp3) is 0.300. The fourth-order valence-electron chi connectivity index (χ4n) is 1.44. The molecule has 1 saturated heterocycles. The molecular formula is C10H9BrO2. The van der Waals surface area contributed by atoms with Crippen LogP contribution in [0.1, 0.15) is 11.7 Å². The summed E-state index contributed by atoms with van der Waals surface area (Å²) in [6, 6.07) is 7.87. The number of rotatable bonds is 2. The quantitative estimate of drug-likeness (QED) is 0.743. The topological polar surface area (TPSA) is 26.3 Å². The van der Waals surface area contributed by atoms with Gasteiger partial charge in [-0.05, 0) is 17.7 Å². The van der Waals surface area contributed by atoms with Crippen molar-refractivity contribution >= 4 is 22.2 Å². The lowest BCUT2D eigenvalue weighted by molar-refractivity contribution is -0.143. The van der Waals surface area contributed by atoms with Crippen LogP contribution in [0.5, 0.6) is 0 Å². The summed E-state index contributed by atoms with van der Waals surface area (Å²) in [7, 11) is 0. The largest absolute Gasteiger partial charge is 0.372 e. The molecular weight excluding hydrogens is 232 g/mol. The number of halogens is 1. The number of carbonyl (C=O) groups excluding carboxylic acids is 1. The summed E-state index contributed by atoms with van der Waals surface area (Å²) in [5.41, 5.74) is 1.07. The van der Waals surface area contributed by atoms with Gasteiger partial charge in [0.25, 0.3) is 0 Å². The maximum Gasteiger partial charge on any atom is 0.128 e. The number of benzene rings is 1. The minimum Gasteiger partial charge on any atom is -0.372 e. The van der Waals surface area contributed by atoms with Crippen molar-refractivity contribution in [2.45, 2.75) is 6.10 Å². The smallest absolute Gasteiger partial charge is 0.128 e. The Morgan fingerprint density at radius 1 is 1.54 bits per heavy atom. The van der Waals surface area contributed by atoms with Crippen molar-refractivity contribution < 1.29 is 9.53 Å². The van der Waals surface area contributed by atoms with Crippen LogP contribution in [0, 0.1) is 5.92 Å². The van der Waals surface area contributed by atoms with E-state index in [9.17, 15) is 4.79 Å². The first-order valence-corrected chi connectivity index (χ1v) is 4.93. The van der Waals surface area contributed by atoms with Gasteiger partial charge in [-0.3, -0.25) is 0 Å². The Morgan fingerprint density at radius 2 is 2.38 bits per heavy atom. The molecule has 3 heteroatoms. The van der Waals surface area contributed by atoms with Crippen molar-refractivity contribution in [3.05, 3.63) is 34.3 Å². The van der Waals surface area contributed by atoms with E-state index >= 15 is 0 Å². The van der Waals surface area contributed by atoms with E-state index in [1.165, 1.54) is 0 Å². The monoisotopic (exact) mass is 240 g/mol. The van der Waals surface area contributed by atoms with E-state index in [1.807, 2.05) is 24.3 Å². The highest BCUT2D eigenvalue weighted by molar-refractivity contribution is 9.10. The Morgan fingerprint density at radius 3 is 2.92 bits per heavy atom. The van der Waals surface area contributed by atoms with Gasteiger partial charge in [0.2, 0.25) is 0 Å². The van der Waals surface area contributed by atoms with E-state index in [-0.39, 0.29) is 12.0 Å². The van der Waals surface area contributed by atoms with Gasteiger partial charge in [0.15, 0.2) is 0 Å². The third kappa shape index (κ3) is 1.67. The van der Waals surface area contributed by atoms with E-state index in [2.05, 4.69) is 15.9 Å². The fourth-order valence-corrected chi connectivity index (χ4v) is 1.86. The summed E-state index contributed by atoms with van der Waals surface area (Å²) in [6.45, 7) is 0.556. The third-order valence-corrected chi connectivity index (χ3v) is 2.70. The number of aldehydes is 1. The number of hydrogen-bond donors (Lipinski definition) is 0. The van der Waals surface area contributed by atoms with Crippen LogP contribution < -0.4 is 0 Å². The lowest BCUT2D eigenvalue weighted by atomic mass is 9.93. The summed E-state index contributed by atoms with van der Waals surface area (Å²) in [4.78, 5) is 10.6. The average Bonchev–Trinajstić information content (AvgIpc) is 2.03. The minimum atomic E-state index is -0.0324. The van der Waals surface area contributed by atoms with Crippen molar-refractivity contribution in [1.29, 1.82) is 0 Å². The van der Waals surface area contributed by atoms with Gasteiger partial charge in [0.1, 0.15) is 6.29 Å². The van der Waals surface area contributed by atoms with E-state index in [0.29, 0.717) is 6.61 Å². The highest BCUT2D eigenvalue weighted by atomic mass is 79.9. The van der Waals surface area contributed by atoms with Crippen molar-refractivity contribution in [2.75, 3.05) is 6.61 Å². The molecule has 1 fully saturated rings. The molecule has 0 spiro atoms. The molecule has 1 aliphatic rings. The SMILES string of the molecule is O=CC1COC1c1cccc(Br)c1. The van der Waals surface area contributed by atoms with Gasteiger partial charge in [0, 0.05) is 4.47 Å². The van der Waals surface area contributed by atoms with Gasteiger partial charge in [-0.25, -0.2) is 0 Å². The predicted molar refractivity (Wildman–Crippen MR) is 52.4 cm³/mol. The summed E-state index contributed by atoms with van der Waals surface area (Å²) in [5.74, 6) is 0.0364. The molecule has 68 valence electrons. The van der Waals surface area contributed by atoms with Crippen LogP contribution in [0.2, 0.25) is 0 Å². The zero-order chi connectivity index (χ0) is 9.26. The van der Waals surface area contributed by atoms with Gasteiger partial charge in [-0.2, -0.15) is 0 Å². The predicted octanol–water partition coefficient (Wildman–Crippen LogP) is 2.34. The molecule has 1 aromatic rings. The Bertz CT molecular complexity index is 324. The molecule has 0 saturated carbocycles. The molecule has 0 aliphatic carbocycles. The number of hydrogen-bond acceptors (Lipinski definition) is 2. The van der Waals surface area contributed by atoms with Crippen molar-refractivity contribution in [3.8, 4) is 0 Å². The third-order valence-electron chi connectivity index (χ3n) is 2.21. The molecule has 0 N–H and O–H groups in total. The second-order valence-electron chi connectivity index (χ2n) is 3.11. The lowest BCUT2D eigenvalue weighted by Crippen LogP contribution is -2.33. The zero-order valence-electron chi connectivity index (χ0n) is 6.94. The molecule has 0 amide bonds. The van der Waals surface area contributed by atoms with Crippen LogP contribution in [0.4, 0.5) is 0 Å². The van der Waals surface area contributed by atoms with Crippen LogP contribution in [0.25, 0.3) is 0 Å². The molecule has 2 atom stereocenters. The van der Waals surface area contributed by atoms with Crippen molar-refractivity contribution in [1.82, 2.24) is 0 Å². The average molecular weight is 241 g/mol. The zero-order valence-corrected chi connectivity index (χ0v) is 8.53. The Kier molecular flexibility index (Phi) is 2.47. The van der Waals surface area contributed by atoms with Crippen molar-refractivity contribution in [2.24, 2.45) is 5.92 Å². The molecule has 2 nitrogen and oxygen atoms in total. The Labute approximate surface area is 85.0 Å². The molecule has 1 aromatic carbocycles. The van der Waals surface area contributed by atoms with Crippen LogP contribution >= 0.6 is 15.9 Å². The summed E-state index contributed by atoms with van der Waals surface area (Å²) < 4.78 is 6.34. The molecule has 13 heavy (non-hydrogen) atoms. The van der Waals surface area contributed by atoms with Gasteiger partial charge in [-0.15, -0.1) is 0 Å². The highest BCUT2D eigenvalue weighted by Crippen LogP contribution is 2.34. The van der Waals surface area contributed by atoms with Crippen LogP contribution in [0.15, 0.2) is 28.7 Å². The second-order valence-corrected chi connectivity index (χ2v) is 4.02. The minimum absolute atomic E-state index is 0.0324. The normalized spacial score (nSPS) is 26.5. The first-order chi connectivity index (χ1) is 6.31. The first-order valence-electron chi connectivity index (χ1n) is 4.13. The Balaban J connectivity index is 2.21. The van der Waals surface area contributed by atoms with E-state index in [4.69, 9.17) is 4.74 Å². The van der Waals surface area contributed by atoms with Gasteiger partial charge < -0.3 is 9.53 Å². The molecule has 2 unspecified atom stereocenters. The standard InChI is InChI=1S/C10H9BrO2/c11-9-3-1-2-7(4-9)10-8(5-12)6-13-10/h1-5,8,10H,6H2. The van der Waals surface area contributed by atoms with Crippen LogP contribution in [-0.2, 0) is 9.53 Å². The van der Waals surface area contributed by atoms with Crippen LogP contribution in [0.3, 0.4) is 0 Å². The van der Waals surface area contributed by atoms with Gasteiger partial charge in [0.05, 0.1) is 18.6 Å². The van der Waals surface area contributed by atoms with E-state index in [0.717, 1.165) is 16.3 Å². The summed E-state index contributed by atoms with van der Waals surface area (Å²) in [5, 5.41) is 0. The number of carbonyl (C=O) groups is 1. The maximum absolute atomic E-state index is 10.6. The molecule has 0 radical (unpaired) electrons. The summed E-state index contributed by atoms with van der Waals surface area (Å²) in [6.07, 6.45) is 0.935. The molecule has 0 bridgehead atoms. The molecule has 1 aliphatic heterocycles. The van der Waals surface area contributed by atoms with E-state index in [1.54, 1.807) is 0 Å². The molecule has 0 aromatic heterocycles. The Hall–Kier alpha value is -0.670. The summed E-state index contributed by atoms with van der Waals surface area (Å²) >= 11 is 3.38. The molecule has 1 heterocycles. The lowest BCUT2D eigenvalue weighted by Gasteiger charge is -2.33. The first kappa shape index (κ1) is 8.91. The van der Waals surface area contributed by atoms with E-state index < -0.39 is 0 Å². The van der Waals surface area contributed by atoms with Crippen molar-refractivity contribution in [3.63, 3.8) is 0 Å². The van der Waals surface area contributed by atoms with Crippen LogP contribution in [-0.4, -0.2) is 12.9 Å². The van der Waals surface area contributed by atoms with Gasteiger partial charge >= 0.3 is 0 Å². The number of ether oxygens (including phenoxy) is 1. The second kappa shape index (κ2) is 3.60. The molecule has 2 rings (SSSR count).